The van der Waals surface area contributed by atoms with Crippen molar-refractivity contribution < 1.29 is 14.1 Å². The van der Waals surface area contributed by atoms with Gasteiger partial charge in [-0.05, 0) is 50.8 Å². The average Bonchev–Trinajstić information content (AvgIpc) is 2.89. The van der Waals surface area contributed by atoms with Gasteiger partial charge in [0.25, 0.3) is 5.91 Å². The predicted molar refractivity (Wildman–Crippen MR) is 84.0 cm³/mol. The lowest BCUT2D eigenvalue weighted by Crippen LogP contribution is -2.54. The molecule has 1 aliphatic carbocycles. The fourth-order valence-electron chi connectivity index (χ4n) is 2.71. The van der Waals surface area contributed by atoms with Crippen LogP contribution in [0.1, 0.15) is 43.5 Å². The Labute approximate surface area is 135 Å². The van der Waals surface area contributed by atoms with Crippen molar-refractivity contribution in [3.05, 3.63) is 41.5 Å². The highest BCUT2D eigenvalue weighted by molar-refractivity contribution is 5.81. The molecular formula is C17H21N3O3. The molecule has 1 amide bonds. The Morgan fingerprint density at radius 1 is 1.39 bits per heavy atom. The zero-order valence-corrected chi connectivity index (χ0v) is 13.6. The van der Waals surface area contributed by atoms with Crippen molar-refractivity contribution >= 4 is 5.91 Å². The van der Waals surface area contributed by atoms with E-state index in [1.807, 2.05) is 31.2 Å². The molecule has 122 valence electrons. The van der Waals surface area contributed by atoms with Gasteiger partial charge in [0.05, 0.1) is 0 Å². The van der Waals surface area contributed by atoms with Crippen molar-refractivity contribution in [1.82, 2.24) is 15.5 Å². The van der Waals surface area contributed by atoms with E-state index in [0.717, 1.165) is 24.8 Å². The van der Waals surface area contributed by atoms with Crippen LogP contribution in [0.15, 0.2) is 28.8 Å². The first-order valence-corrected chi connectivity index (χ1v) is 7.85. The monoisotopic (exact) mass is 315 g/mol. The van der Waals surface area contributed by atoms with Crippen molar-refractivity contribution in [2.75, 3.05) is 0 Å². The molecule has 1 aliphatic rings. The van der Waals surface area contributed by atoms with Gasteiger partial charge < -0.3 is 14.6 Å². The smallest absolute Gasteiger partial charge is 0.261 e. The molecule has 1 fully saturated rings. The van der Waals surface area contributed by atoms with Gasteiger partial charge in [0, 0.05) is 6.92 Å². The Morgan fingerprint density at radius 3 is 2.74 bits per heavy atom. The molecule has 0 bridgehead atoms. The Kier molecular flexibility index (Phi) is 4.07. The largest absolute Gasteiger partial charge is 0.481 e. The van der Waals surface area contributed by atoms with Gasteiger partial charge in [-0.25, -0.2) is 0 Å². The number of aromatic nitrogens is 2. The summed E-state index contributed by atoms with van der Waals surface area (Å²) in [7, 11) is 0. The Hall–Kier alpha value is -2.37. The first-order chi connectivity index (χ1) is 11.0. The molecule has 0 spiro atoms. The molecule has 0 saturated heterocycles. The van der Waals surface area contributed by atoms with Gasteiger partial charge >= 0.3 is 0 Å². The van der Waals surface area contributed by atoms with Crippen molar-refractivity contribution in [1.29, 1.82) is 0 Å². The van der Waals surface area contributed by atoms with Gasteiger partial charge in [-0.3, -0.25) is 4.79 Å². The van der Waals surface area contributed by atoms with Crippen molar-refractivity contribution in [3.8, 4) is 5.75 Å². The fourth-order valence-corrected chi connectivity index (χ4v) is 2.71. The van der Waals surface area contributed by atoms with Crippen LogP contribution < -0.4 is 10.1 Å². The highest BCUT2D eigenvalue weighted by Gasteiger charge is 2.44. The van der Waals surface area contributed by atoms with Crippen LogP contribution in [0.3, 0.4) is 0 Å². The van der Waals surface area contributed by atoms with Crippen molar-refractivity contribution in [3.63, 3.8) is 0 Å². The molecule has 0 aliphatic heterocycles. The minimum atomic E-state index is -0.595. The van der Waals surface area contributed by atoms with Crippen LogP contribution in [-0.4, -0.2) is 22.2 Å². The van der Waals surface area contributed by atoms with E-state index in [4.69, 9.17) is 9.26 Å². The van der Waals surface area contributed by atoms with Gasteiger partial charge in [-0.1, -0.05) is 17.3 Å². The number of nitrogens with one attached hydrogen (secondary N) is 1. The summed E-state index contributed by atoms with van der Waals surface area (Å²) in [5.41, 5.74) is 0.576. The number of hydrogen-bond acceptors (Lipinski definition) is 5. The van der Waals surface area contributed by atoms with Crippen LogP contribution in [0.2, 0.25) is 0 Å². The van der Waals surface area contributed by atoms with E-state index in [0.29, 0.717) is 17.5 Å². The van der Waals surface area contributed by atoms with Crippen molar-refractivity contribution in [2.45, 2.75) is 51.7 Å². The number of ether oxygens (including phenoxy) is 1. The minimum Gasteiger partial charge on any atom is -0.481 e. The van der Waals surface area contributed by atoms with Gasteiger partial charge in [0.2, 0.25) is 5.89 Å². The molecule has 1 aromatic carbocycles. The molecule has 2 aromatic rings. The van der Waals surface area contributed by atoms with E-state index in [1.165, 1.54) is 0 Å². The normalized spacial score (nSPS) is 17.2. The summed E-state index contributed by atoms with van der Waals surface area (Å²) in [6, 6.07) is 7.65. The van der Waals surface area contributed by atoms with Crippen LogP contribution in [0.25, 0.3) is 0 Å². The number of rotatable bonds is 5. The number of benzene rings is 1. The standard InChI is InChI=1S/C17H21N3O3/c1-11-6-4-7-14(10-11)22-12(2)15(21)19-17(8-5-9-17)16-18-13(3)23-20-16/h4,6-7,10,12H,5,8-9H2,1-3H3,(H,19,21)/t12-/m1/s1. The van der Waals surface area contributed by atoms with Crippen LogP contribution in [0, 0.1) is 13.8 Å². The predicted octanol–water partition coefficient (Wildman–Crippen LogP) is 2.65. The molecule has 1 atom stereocenters. The number of nitrogens with zero attached hydrogens (tertiary/aromatic N) is 2. The Bertz CT molecular complexity index is 707. The Morgan fingerprint density at radius 2 is 2.17 bits per heavy atom. The summed E-state index contributed by atoms with van der Waals surface area (Å²) in [4.78, 5) is 16.8. The molecular weight excluding hydrogens is 294 g/mol. The maximum absolute atomic E-state index is 12.5. The maximum atomic E-state index is 12.5. The molecule has 1 heterocycles. The molecule has 0 radical (unpaired) electrons. The highest BCUT2D eigenvalue weighted by Crippen LogP contribution is 2.39. The third-order valence-electron chi connectivity index (χ3n) is 4.20. The topological polar surface area (TPSA) is 77.2 Å². The molecule has 0 unspecified atom stereocenters. The van der Waals surface area contributed by atoms with Gasteiger partial charge in [-0.15, -0.1) is 0 Å². The maximum Gasteiger partial charge on any atom is 0.261 e. The average molecular weight is 315 g/mol. The SMILES string of the molecule is Cc1cccc(O[C@H](C)C(=O)NC2(c3noc(C)n3)CCC2)c1. The van der Waals surface area contributed by atoms with Crippen LogP contribution >= 0.6 is 0 Å². The molecule has 1 saturated carbocycles. The second-order valence-electron chi connectivity index (χ2n) is 6.14. The van der Waals surface area contributed by atoms with E-state index >= 15 is 0 Å². The van der Waals surface area contributed by atoms with Crippen LogP contribution in [0.4, 0.5) is 0 Å². The summed E-state index contributed by atoms with van der Waals surface area (Å²) in [6.45, 7) is 5.47. The number of hydrogen-bond donors (Lipinski definition) is 1. The summed E-state index contributed by atoms with van der Waals surface area (Å²) in [6.07, 6.45) is 2.06. The van der Waals surface area contributed by atoms with Crippen LogP contribution in [0.5, 0.6) is 5.75 Å². The van der Waals surface area contributed by atoms with Crippen molar-refractivity contribution in [2.24, 2.45) is 0 Å². The Balaban J connectivity index is 1.68. The zero-order chi connectivity index (χ0) is 16.4. The number of carbonyl (C=O) groups is 1. The third kappa shape index (κ3) is 3.21. The molecule has 1 aromatic heterocycles. The van der Waals surface area contributed by atoms with Gasteiger partial charge in [0.15, 0.2) is 11.9 Å². The number of carbonyl (C=O) groups excluding carboxylic acids is 1. The first-order valence-electron chi connectivity index (χ1n) is 7.85. The second kappa shape index (κ2) is 6.02. The summed E-state index contributed by atoms with van der Waals surface area (Å²) in [5.74, 6) is 1.57. The molecule has 1 N–H and O–H groups in total. The summed E-state index contributed by atoms with van der Waals surface area (Å²) < 4.78 is 10.8. The number of amides is 1. The molecule has 6 heteroatoms. The lowest BCUT2D eigenvalue weighted by Gasteiger charge is -2.40. The molecule has 3 rings (SSSR count). The molecule has 6 nitrogen and oxygen atoms in total. The zero-order valence-electron chi connectivity index (χ0n) is 13.6. The van der Waals surface area contributed by atoms with Gasteiger partial charge in [-0.2, -0.15) is 4.98 Å². The molecule has 23 heavy (non-hydrogen) atoms. The first kappa shape index (κ1) is 15.5. The number of aryl methyl sites for hydroxylation is 2. The van der Waals surface area contributed by atoms with E-state index < -0.39 is 11.6 Å². The van der Waals surface area contributed by atoms with Gasteiger partial charge in [0.1, 0.15) is 11.3 Å². The summed E-state index contributed by atoms with van der Waals surface area (Å²) >= 11 is 0. The lowest BCUT2D eigenvalue weighted by atomic mass is 9.76. The lowest BCUT2D eigenvalue weighted by molar-refractivity contribution is -0.130. The quantitative estimate of drug-likeness (QED) is 0.918. The fraction of sp³-hybridized carbons (Fsp3) is 0.471. The summed E-state index contributed by atoms with van der Waals surface area (Å²) in [5, 5.41) is 7.02. The van der Waals surface area contributed by atoms with E-state index in [2.05, 4.69) is 15.5 Å². The third-order valence-corrected chi connectivity index (χ3v) is 4.20. The highest BCUT2D eigenvalue weighted by atomic mass is 16.5. The minimum absolute atomic E-state index is 0.173. The van der Waals surface area contributed by atoms with E-state index in [1.54, 1.807) is 13.8 Å². The van der Waals surface area contributed by atoms with Crippen LogP contribution in [-0.2, 0) is 10.3 Å². The van der Waals surface area contributed by atoms with E-state index in [-0.39, 0.29) is 5.91 Å². The second-order valence-corrected chi connectivity index (χ2v) is 6.14. The van der Waals surface area contributed by atoms with E-state index in [9.17, 15) is 4.79 Å².